The number of halogens is 1. The zero-order valence-electron chi connectivity index (χ0n) is 10.4. The monoisotopic (exact) mass is 188 g/mol. The zero-order chi connectivity index (χ0) is 12.5. The number of ether oxygens (including phenoxy) is 1. The molecule has 0 unspecified atom stereocenters. The van der Waals surface area contributed by atoms with Crippen molar-refractivity contribution in [3.8, 4) is 0 Å². The molecule has 0 aliphatic carbocycles. The van der Waals surface area contributed by atoms with E-state index in [4.69, 9.17) is 17.1 Å². The first-order chi connectivity index (χ1) is 7.41. The standard InChI is InChI=1S/C9H9ClO2/c1-2-12-9(11)7-5-3-4-6-8(7)10/h3-6H,2H2,1H3/i3D,4D,5D,6D. The average molecular weight is 189 g/mol. The fraction of sp³-hybridized carbons (Fsp3) is 0.222. The highest BCUT2D eigenvalue weighted by Gasteiger charge is 2.08. The highest BCUT2D eigenvalue weighted by molar-refractivity contribution is 6.33. The predicted molar refractivity (Wildman–Crippen MR) is 47.4 cm³/mol. The average Bonchev–Trinajstić information content (AvgIpc) is 2.24. The van der Waals surface area contributed by atoms with Gasteiger partial charge in [-0.2, -0.15) is 0 Å². The minimum absolute atomic E-state index is 0.109. The topological polar surface area (TPSA) is 26.3 Å². The predicted octanol–water partition coefficient (Wildman–Crippen LogP) is 2.52. The number of hydrogen-bond acceptors (Lipinski definition) is 2. The maximum atomic E-state index is 11.4. The lowest BCUT2D eigenvalue weighted by Gasteiger charge is -2.02. The van der Waals surface area contributed by atoms with Gasteiger partial charge < -0.3 is 4.74 Å². The Bertz CT molecular complexity index is 419. The summed E-state index contributed by atoms with van der Waals surface area (Å²) < 4.78 is 34.3. The molecule has 0 N–H and O–H groups in total. The van der Waals surface area contributed by atoms with Gasteiger partial charge >= 0.3 is 5.97 Å². The van der Waals surface area contributed by atoms with Gasteiger partial charge in [-0.05, 0) is 19.0 Å². The lowest BCUT2D eigenvalue weighted by atomic mass is 10.2. The largest absolute Gasteiger partial charge is 0.462 e. The molecule has 1 aromatic rings. The number of carbonyl (C=O) groups excluding carboxylic acids is 1. The normalized spacial score (nSPS) is 14.2. The molecule has 0 spiro atoms. The maximum absolute atomic E-state index is 11.4. The Balaban J connectivity index is 3.45. The van der Waals surface area contributed by atoms with Crippen molar-refractivity contribution in [3.63, 3.8) is 0 Å². The Labute approximate surface area is 81.7 Å². The van der Waals surface area contributed by atoms with Crippen molar-refractivity contribution >= 4 is 17.6 Å². The Morgan fingerprint density at radius 2 is 2.33 bits per heavy atom. The second-order valence-electron chi connectivity index (χ2n) is 1.91. The van der Waals surface area contributed by atoms with Gasteiger partial charge in [-0.15, -0.1) is 0 Å². The summed E-state index contributed by atoms with van der Waals surface area (Å²) in [6.45, 7) is 1.70. The molecule has 64 valence electrons. The van der Waals surface area contributed by atoms with Gasteiger partial charge in [0.2, 0.25) is 0 Å². The molecule has 0 saturated heterocycles. The second kappa shape index (κ2) is 4.12. The van der Waals surface area contributed by atoms with E-state index in [-0.39, 0.29) is 17.2 Å². The lowest BCUT2D eigenvalue weighted by Crippen LogP contribution is -2.04. The fourth-order valence-electron chi connectivity index (χ4n) is 0.641. The van der Waals surface area contributed by atoms with Crippen LogP contribution in [0.25, 0.3) is 0 Å². The van der Waals surface area contributed by atoms with Gasteiger partial charge in [0.15, 0.2) is 0 Å². The minimum Gasteiger partial charge on any atom is -0.462 e. The van der Waals surface area contributed by atoms with Crippen LogP contribution in [0.15, 0.2) is 24.2 Å². The third-order valence-corrected chi connectivity index (χ3v) is 1.40. The molecule has 0 heterocycles. The molecule has 0 radical (unpaired) electrons. The highest BCUT2D eigenvalue weighted by atomic mass is 35.5. The molecule has 0 saturated carbocycles. The molecule has 1 aromatic carbocycles. The van der Waals surface area contributed by atoms with Crippen LogP contribution in [0.2, 0.25) is 5.02 Å². The fourth-order valence-corrected chi connectivity index (χ4v) is 0.813. The SMILES string of the molecule is [2H]c1c([2H])c([2H])c(C(=O)OCC)c(Cl)c1[2H]. The molecule has 0 aromatic heterocycles. The van der Waals surface area contributed by atoms with Gasteiger partial charge in [-0.1, -0.05) is 23.7 Å². The van der Waals surface area contributed by atoms with E-state index in [1.165, 1.54) is 0 Å². The first-order valence-electron chi connectivity index (χ1n) is 5.34. The molecule has 0 amide bonds. The summed E-state index contributed by atoms with van der Waals surface area (Å²) in [4.78, 5) is 11.4. The molecule has 0 bridgehead atoms. The van der Waals surface area contributed by atoms with Crippen LogP contribution >= 0.6 is 11.6 Å². The Morgan fingerprint density at radius 1 is 1.67 bits per heavy atom. The van der Waals surface area contributed by atoms with Crippen molar-refractivity contribution in [3.05, 3.63) is 34.8 Å². The number of benzene rings is 1. The summed E-state index contributed by atoms with van der Waals surface area (Å²) in [5.41, 5.74) is -0.325. The van der Waals surface area contributed by atoms with Crippen LogP contribution in [-0.4, -0.2) is 12.6 Å². The summed E-state index contributed by atoms with van der Waals surface area (Å²) in [7, 11) is 0. The van der Waals surface area contributed by atoms with Crippen molar-refractivity contribution in [2.45, 2.75) is 6.92 Å². The molecule has 12 heavy (non-hydrogen) atoms. The van der Waals surface area contributed by atoms with E-state index in [9.17, 15) is 4.79 Å². The van der Waals surface area contributed by atoms with Crippen LogP contribution in [0.4, 0.5) is 0 Å². The van der Waals surface area contributed by atoms with Crippen LogP contribution in [0.1, 0.15) is 22.8 Å². The minimum atomic E-state index is -0.848. The summed E-state index contributed by atoms with van der Waals surface area (Å²) in [5.74, 6) is -0.848. The Morgan fingerprint density at radius 3 is 3.00 bits per heavy atom. The molecule has 2 nitrogen and oxygen atoms in total. The number of carbonyl (C=O) groups is 1. The van der Waals surface area contributed by atoms with E-state index in [0.29, 0.717) is 0 Å². The quantitative estimate of drug-likeness (QED) is 0.667. The van der Waals surface area contributed by atoms with Crippen molar-refractivity contribution < 1.29 is 15.0 Å². The van der Waals surface area contributed by atoms with Gasteiger partial charge in [-0.25, -0.2) is 4.79 Å². The van der Waals surface area contributed by atoms with Crippen molar-refractivity contribution in [2.75, 3.05) is 6.61 Å². The van der Waals surface area contributed by atoms with E-state index in [1.54, 1.807) is 6.92 Å². The summed E-state index contributed by atoms with van der Waals surface area (Å²) in [6.07, 6.45) is 0. The maximum Gasteiger partial charge on any atom is 0.339 e. The van der Waals surface area contributed by atoms with E-state index in [1.807, 2.05) is 0 Å². The molecule has 3 heteroatoms. The molecule has 0 atom stereocenters. The van der Waals surface area contributed by atoms with E-state index >= 15 is 0 Å². The first kappa shape index (κ1) is 4.87. The zero-order valence-corrected chi connectivity index (χ0v) is 7.16. The highest BCUT2D eigenvalue weighted by Crippen LogP contribution is 2.15. The second-order valence-corrected chi connectivity index (χ2v) is 2.29. The van der Waals surface area contributed by atoms with Gasteiger partial charge in [0.05, 0.1) is 22.7 Å². The Kier molecular flexibility index (Phi) is 1.67. The van der Waals surface area contributed by atoms with Crippen molar-refractivity contribution in [2.24, 2.45) is 0 Å². The van der Waals surface area contributed by atoms with E-state index < -0.39 is 30.1 Å². The molecular weight excluding hydrogens is 176 g/mol. The van der Waals surface area contributed by atoms with Gasteiger partial charge in [0.25, 0.3) is 0 Å². The number of rotatable bonds is 2. The molecule has 0 aliphatic rings. The number of hydrogen-bond donors (Lipinski definition) is 0. The van der Waals surface area contributed by atoms with Gasteiger partial charge in [-0.3, -0.25) is 0 Å². The Hall–Kier alpha value is -1.02. The molecular formula is C9H9ClO2. The molecule has 1 rings (SSSR count). The van der Waals surface area contributed by atoms with Crippen molar-refractivity contribution in [1.82, 2.24) is 0 Å². The van der Waals surface area contributed by atoms with Crippen LogP contribution in [0.5, 0.6) is 0 Å². The van der Waals surface area contributed by atoms with Crippen LogP contribution in [-0.2, 0) is 4.74 Å². The summed E-state index contributed by atoms with van der Waals surface area (Å²) >= 11 is 5.69. The van der Waals surface area contributed by atoms with Crippen molar-refractivity contribution in [1.29, 1.82) is 0 Å². The van der Waals surface area contributed by atoms with Crippen LogP contribution in [0, 0.1) is 0 Å². The smallest absolute Gasteiger partial charge is 0.339 e. The van der Waals surface area contributed by atoms with Gasteiger partial charge in [0, 0.05) is 0 Å². The third-order valence-electron chi connectivity index (χ3n) is 1.12. The van der Waals surface area contributed by atoms with Crippen LogP contribution in [0.3, 0.4) is 0 Å². The third kappa shape index (κ3) is 1.98. The molecule has 0 aliphatic heterocycles. The molecule has 0 fully saturated rings. The van der Waals surface area contributed by atoms with E-state index in [0.717, 1.165) is 0 Å². The van der Waals surface area contributed by atoms with E-state index in [2.05, 4.69) is 4.74 Å². The van der Waals surface area contributed by atoms with Gasteiger partial charge in [0.1, 0.15) is 0 Å². The summed E-state index contributed by atoms with van der Waals surface area (Å²) in [5, 5.41) is -0.315. The number of esters is 1. The summed E-state index contributed by atoms with van der Waals surface area (Å²) in [6, 6.07) is -1.89. The van der Waals surface area contributed by atoms with Crippen LogP contribution < -0.4 is 0 Å². The first-order valence-corrected chi connectivity index (χ1v) is 3.72. The lowest BCUT2D eigenvalue weighted by molar-refractivity contribution is 0.0526.